The van der Waals surface area contributed by atoms with Gasteiger partial charge in [0, 0.05) is 36.7 Å². The SMILES string of the molecule is O=C(c1cccnc1)C1CCC#CCC1. The lowest BCUT2D eigenvalue weighted by molar-refractivity contribution is 0.0909. The van der Waals surface area contributed by atoms with Crippen molar-refractivity contribution in [1.29, 1.82) is 0 Å². The Bertz CT molecular complexity index is 388. The Hall–Kier alpha value is -1.62. The zero-order chi connectivity index (χ0) is 10.5. The first-order valence-electron chi connectivity index (χ1n) is 5.28. The highest BCUT2D eigenvalue weighted by Gasteiger charge is 2.19. The third kappa shape index (κ3) is 2.44. The minimum atomic E-state index is 0.122. The lowest BCUT2D eigenvalue weighted by Gasteiger charge is -2.11. The molecule has 1 aliphatic carbocycles. The molecule has 15 heavy (non-hydrogen) atoms. The second-order valence-corrected chi connectivity index (χ2v) is 3.73. The second kappa shape index (κ2) is 4.75. The van der Waals surface area contributed by atoms with Gasteiger partial charge < -0.3 is 0 Å². The molecule has 0 N–H and O–H groups in total. The zero-order valence-corrected chi connectivity index (χ0v) is 8.57. The van der Waals surface area contributed by atoms with Gasteiger partial charge in [0.1, 0.15) is 0 Å². The van der Waals surface area contributed by atoms with E-state index in [2.05, 4.69) is 16.8 Å². The standard InChI is InChI=1S/C13H13NO/c15-13(12-8-5-9-14-10-12)11-6-3-1-2-4-7-11/h5,8-11H,3-4,6-7H2. The first-order chi connectivity index (χ1) is 7.38. The molecule has 0 aliphatic heterocycles. The number of carbonyl (C=O) groups excluding carboxylic acids is 1. The van der Waals surface area contributed by atoms with Gasteiger partial charge in [-0.05, 0) is 25.0 Å². The van der Waals surface area contributed by atoms with Crippen LogP contribution in [0.2, 0.25) is 0 Å². The van der Waals surface area contributed by atoms with Crippen molar-refractivity contribution in [2.45, 2.75) is 25.7 Å². The summed E-state index contributed by atoms with van der Waals surface area (Å²) in [7, 11) is 0. The molecule has 1 aromatic rings. The van der Waals surface area contributed by atoms with Crippen LogP contribution in [0.5, 0.6) is 0 Å². The van der Waals surface area contributed by atoms with Crippen LogP contribution in [0.3, 0.4) is 0 Å². The highest BCUT2D eigenvalue weighted by molar-refractivity contribution is 5.97. The van der Waals surface area contributed by atoms with Crippen molar-refractivity contribution < 1.29 is 4.79 Å². The molecule has 2 nitrogen and oxygen atoms in total. The molecule has 2 rings (SSSR count). The Morgan fingerprint density at radius 3 is 2.67 bits per heavy atom. The number of aromatic nitrogens is 1. The van der Waals surface area contributed by atoms with Crippen molar-refractivity contribution in [3.8, 4) is 11.8 Å². The number of hydrogen-bond acceptors (Lipinski definition) is 2. The summed E-state index contributed by atoms with van der Waals surface area (Å²) >= 11 is 0. The summed E-state index contributed by atoms with van der Waals surface area (Å²) < 4.78 is 0. The van der Waals surface area contributed by atoms with Gasteiger partial charge in [-0.3, -0.25) is 9.78 Å². The van der Waals surface area contributed by atoms with Gasteiger partial charge in [-0.2, -0.15) is 0 Å². The van der Waals surface area contributed by atoms with E-state index < -0.39 is 0 Å². The number of nitrogens with zero attached hydrogens (tertiary/aromatic N) is 1. The minimum absolute atomic E-state index is 0.122. The first kappa shape index (κ1) is 9.92. The van der Waals surface area contributed by atoms with E-state index in [1.54, 1.807) is 18.5 Å². The summed E-state index contributed by atoms with van der Waals surface area (Å²) in [5.41, 5.74) is 0.726. The molecule has 76 valence electrons. The van der Waals surface area contributed by atoms with E-state index in [0.717, 1.165) is 31.2 Å². The Morgan fingerprint density at radius 1 is 1.33 bits per heavy atom. The molecule has 0 saturated carbocycles. The Morgan fingerprint density at radius 2 is 2.07 bits per heavy atom. The average molecular weight is 199 g/mol. The minimum Gasteiger partial charge on any atom is -0.294 e. The Balaban J connectivity index is 2.08. The predicted molar refractivity (Wildman–Crippen MR) is 58.3 cm³/mol. The van der Waals surface area contributed by atoms with Crippen LogP contribution < -0.4 is 0 Å². The summed E-state index contributed by atoms with van der Waals surface area (Å²) in [6.07, 6.45) is 6.80. The van der Waals surface area contributed by atoms with E-state index in [4.69, 9.17) is 0 Å². The fourth-order valence-corrected chi connectivity index (χ4v) is 1.82. The monoisotopic (exact) mass is 199 g/mol. The van der Waals surface area contributed by atoms with Crippen LogP contribution in [0.15, 0.2) is 24.5 Å². The summed E-state index contributed by atoms with van der Waals surface area (Å²) in [5, 5.41) is 0. The van der Waals surface area contributed by atoms with Gasteiger partial charge in [0.2, 0.25) is 0 Å². The van der Waals surface area contributed by atoms with E-state index in [-0.39, 0.29) is 11.7 Å². The molecule has 0 bridgehead atoms. The maximum atomic E-state index is 12.1. The zero-order valence-electron chi connectivity index (χ0n) is 8.57. The van der Waals surface area contributed by atoms with Gasteiger partial charge >= 0.3 is 0 Å². The summed E-state index contributed by atoms with van der Waals surface area (Å²) in [5.74, 6) is 6.47. The molecule has 0 spiro atoms. The maximum Gasteiger partial charge on any atom is 0.167 e. The van der Waals surface area contributed by atoms with Crippen molar-refractivity contribution in [3.63, 3.8) is 0 Å². The van der Waals surface area contributed by atoms with Crippen LogP contribution in [-0.4, -0.2) is 10.8 Å². The molecule has 0 atom stereocenters. The quantitative estimate of drug-likeness (QED) is 0.541. The molecule has 1 aromatic heterocycles. The number of pyridine rings is 1. The largest absolute Gasteiger partial charge is 0.294 e. The Labute approximate surface area is 89.7 Å². The molecule has 1 aliphatic rings. The molecule has 0 unspecified atom stereocenters. The molecular formula is C13H13NO. The Kier molecular flexibility index (Phi) is 3.14. The van der Waals surface area contributed by atoms with Crippen LogP contribution >= 0.6 is 0 Å². The van der Waals surface area contributed by atoms with Gasteiger partial charge in [-0.15, -0.1) is 11.8 Å². The molecule has 2 heteroatoms. The predicted octanol–water partition coefficient (Wildman–Crippen LogP) is 2.46. The van der Waals surface area contributed by atoms with Crippen LogP contribution in [0, 0.1) is 17.8 Å². The van der Waals surface area contributed by atoms with Crippen molar-refractivity contribution in [2.75, 3.05) is 0 Å². The second-order valence-electron chi connectivity index (χ2n) is 3.73. The molecule has 1 heterocycles. The number of rotatable bonds is 2. The fourth-order valence-electron chi connectivity index (χ4n) is 1.82. The van der Waals surface area contributed by atoms with E-state index >= 15 is 0 Å². The molecule has 0 radical (unpaired) electrons. The van der Waals surface area contributed by atoms with Crippen LogP contribution in [0.25, 0.3) is 0 Å². The first-order valence-corrected chi connectivity index (χ1v) is 5.28. The molecule has 0 amide bonds. The van der Waals surface area contributed by atoms with Gasteiger partial charge in [-0.25, -0.2) is 0 Å². The average Bonchev–Trinajstić information content (AvgIpc) is 2.58. The van der Waals surface area contributed by atoms with E-state index in [1.165, 1.54) is 0 Å². The van der Waals surface area contributed by atoms with Crippen LogP contribution in [0.1, 0.15) is 36.0 Å². The van der Waals surface area contributed by atoms with Gasteiger partial charge in [0.05, 0.1) is 0 Å². The van der Waals surface area contributed by atoms with Crippen LogP contribution in [0.4, 0.5) is 0 Å². The van der Waals surface area contributed by atoms with Crippen molar-refractivity contribution >= 4 is 5.78 Å². The number of carbonyl (C=O) groups is 1. The molecule has 0 saturated heterocycles. The lowest BCUT2D eigenvalue weighted by Crippen LogP contribution is -2.14. The van der Waals surface area contributed by atoms with E-state index in [0.29, 0.717) is 0 Å². The third-order valence-electron chi connectivity index (χ3n) is 2.68. The highest BCUT2D eigenvalue weighted by Crippen LogP contribution is 2.20. The van der Waals surface area contributed by atoms with Crippen molar-refractivity contribution in [3.05, 3.63) is 30.1 Å². The molecule has 0 fully saturated rings. The molecular weight excluding hydrogens is 186 g/mol. The fraction of sp³-hybridized carbons (Fsp3) is 0.385. The van der Waals surface area contributed by atoms with Crippen molar-refractivity contribution in [2.24, 2.45) is 5.92 Å². The normalized spacial score (nSPS) is 16.3. The van der Waals surface area contributed by atoms with Gasteiger partial charge in [0.15, 0.2) is 5.78 Å². The van der Waals surface area contributed by atoms with E-state index in [1.807, 2.05) is 6.07 Å². The highest BCUT2D eigenvalue weighted by atomic mass is 16.1. The van der Waals surface area contributed by atoms with E-state index in [9.17, 15) is 4.79 Å². The van der Waals surface area contributed by atoms with Gasteiger partial charge in [-0.1, -0.05) is 0 Å². The smallest absolute Gasteiger partial charge is 0.167 e. The third-order valence-corrected chi connectivity index (χ3v) is 2.68. The summed E-state index contributed by atoms with van der Waals surface area (Å²) in [4.78, 5) is 16.0. The van der Waals surface area contributed by atoms with Gasteiger partial charge in [0.25, 0.3) is 0 Å². The van der Waals surface area contributed by atoms with Crippen LogP contribution in [-0.2, 0) is 0 Å². The topological polar surface area (TPSA) is 30.0 Å². The van der Waals surface area contributed by atoms with Crippen molar-refractivity contribution in [1.82, 2.24) is 4.98 Å². The molecule has 0 aromatic carbocycles. The summed E-state index contributed by atoms with van der Waals surface area (Å²) in [6, 6.07) is 3.64. The lowest BCUT2D eigenvalue weighted by atomic mass is 9.91. The number of hydrogen-bond donors (Lipinski definition) is 0. The maximum absolute atomic E-state index is 12.1. The summed E-state index contributed by atoms with van der Waals surface area (Å²) in [6.45, 7) is 0. The number of ketones is 1. The number of Topliss-reactive ketones (excluding diaryl/α,β-unsaturated/α-hetero) is 1.